The molecule has 0 spiro atoms. The Morgan fingerprint density at radius 1 is 1.16 bits per heavy atom. The second-order valence-electron chi connectivity index (χ2n) is 7.84. The number of amides is 1. The first-order valence-corrected chi connectivity index (χ1v) is 11.7. The fourth-order valence-corrected chi connectivity index (χ4v) is 5.53. The van der Waals surface area contributed by atoms with Crippen molar-refractivity contribution in [3.8, 4) is 5.75 Å². The van der Waals surface area contributed by atoms with Crippen molar-refractivity contribution in [2.75, 3.05) is 18.4 Å². The molecule has 0 aliphatic carbocycles. The Balaban J connectivity index is 1.30. The summed E-state index contributed by atoms with van der Waals surface area (Å²) in [6.07, 6.45) is 0.570. The van der Waals surface area contributed by atoms with Crippen LogP contribution in [0.4, 0.5) is 5.00 Å². The number of hydrogen-bond donors (Lipinski definition) is 2. The topological polar surface area (TPSA) is 70.7 Å². The van der Waals surface area contributed by atoms with Crippen molar-refractivity contribution in [2.45, 2.75) is 26.1 Å². The van der Waals surface area contributed by atoms with E-state index in [0.717, 1.165) is 42.2 Å². The lowest BCUT2D eigenvalue weighted by Crippen LogP contribution is -2.38. The monoisotopic (exact) mass is 467 g/mol. The Hall–Kier alpha value is -2.87. The lowest BCUT2D eigenvalue weighted by molar-refractivity contribution is 0.0734. The highest BCUT2D eigenvalue weighted by atomic mass is 35.5. The fraction of sp³-hybridized carbons (Fsp3) is 0.250. The minimum absolute atomic E-state index is 0.0376. The number of thiophene rings is 1. The van der Waals surface area contributed by atoms with Crippen LogP contribution in [0.2, 0.25) is 5.02 Å². The molecule has 5 rings (SSSR count). The molecule has 1 amide bonds. The maximum absolute atomic E-state index is 12.9. The molecule has 164 valence electrons. The molecule has 0 radical (unpaired) electrons. The average molecular weight is 468 g/mol. The summed E-state index contributed by atoms with van der Waals surface area (Å²) >= 11 is 7.54. The van der Waals surface area contributed by atoms with Gasteiger partial charge in [0.05, 0.1) is 11.1 Å². The van der Waals surface area contributed by atoms with Gasteiger partial charge in [-0.2, -0.15) is 0 Å². The van der Waals surface area contributed by atoms with Crippen molar-refractivity contribution in [2.24, 2.45) is 0 Å². The van der Waals surface area contributed by atoms with Crippen LogP contribution in [0, 0.1) is 0 Å². The molecule has 2 aromatic carbocycles. The molecule has 0 bridgehead atoms. The van der Waals surface area contributed by atoms with Gasteiger partial charge in [-0.05, 0) is 60.5 Å². The first kappa shape index (κ1) is 21.0. The van der Waals surface area contributed by atoms with E-state index in [2.05, 4.69) is 22.5 Å². The summed E-state index contributed by atoms with van der Waals surface area (Å²) in [5.41, 5.74) is 3.29. The third-order valence-electron chi connectivity index (χ3n) is 5.86. The van der Waals surface area contributed by atoms with Gasteiger partial charge in [0, 0.05) is 23.0 Å². The molecule has 0 unspecified atom stereocenters. The van der Waals surface area contributed by atoms with Crippen molar-refractivity contribution in [3.05, 3.63) is 80.7 Å². The molecular formula is C24H22ClN3O3S. The minimum Gasteiger partial charge on any atom is -0.423 e. The van der Waals surface area contributed by atoms with E-state index in [-0.39, 0.29) is 12.1 Å². The van der Waals surface area contributed by atoms with Crippen molar-refractivity contribution in [1.29, 1.82) is 0 Å². The number of likely N-dealkylation sites (N-methyl/N-ethyl adjacent to an activating group) is 1. The zero-order valence-electron chi connectivity index (χ0n) is 17.5. The molecular weight excluding hydrogens is 446 g/mol. The molecule has 2 aliphatic heterocycles. The van der Waals surface area contributed by atoms with Crippen LogP contribution >= 0.6 is 22.9 Å². The molecule has 32 heavy (non-hydrogen) atoms. The van der Waals surface area contributed by atoms with Gasteiger partial charge in [0.1, 0.15) is 16.9 Å². The van der Waals surface area contributed by atoms with Crippen LogP contribution in [0.15, 0.2) is 48.5 Å². The van der Waals surface area contributed by atoms with Crippen LogP contribution in [0.25, 0.3) is 0 Å². The molecule has 2 N–H and O–H groups in total. The number of carbonyl (C=O) groups is 2. The Kier molecular flexibility index (Phi) is 5.63. The Morgan fingerprint density at radius 3 is 2.62 bits per heavy atom. The lowest BCUT2D eigenvalue weighted by atomic mass is 10.0. The molecule has 1 aromatic heterocycles. The van der Waals surface area contributed by atoms with Gasteiger partial charge in [-0.1, -0.05) is 30.7 Å². The van der Waals surface area contributed by atoms with Crippen molar-refractivity contribution in [1.82, 2.24) is 10.2 Å². The van der Waals surface area contributed by atoms with Gasteiger partial charge >= 0.3 is 5.97 Å². The number of esters is 1. The zero-order valence-corrected chi connectivity index (χ0v) is 19.1. The zero-order chi connectivity index (χ0) is 22.2. The van der Waals surface area contributed by atoms with E-state index in [9.17, 15) is 9.59 Å². The highest BCUT2D eigenvalue weighted by molar-refractivity contribution is 7.16. The number of carbonyl (C=O) groups excluding carboxylic acids is 2. The van der Waals surface area contributed by atoms with E-state index < -0.39 is 5.97 Å². The molecule has 2 aliphatic rings. The van der Waals surface area contributed by atoms with Crippen LogP contribution in [0.1, 0.15) is 49.8 Å². The van der Waals surface area contributed by atoms with Crippen LogP contribution in [0.5, 0.6) is 5.75 Å². The molecule has 0 saturated carbocycles. The molecule has 8 heteroatoms. The Labute approximate surface area is 195 Å². The predicted molar refractivity (Wildman–Crippen MR) is 126 cm³/mol. The number of nitrogens with one attached hydrogen (secondary N) is 2. The molecule has 1 atom stereocenters. The van der Waals surface area contributed by atoms with Gasteiger partial charge in [-0.15, -0.1) is 11.3 Å². The third kappa shape index (κ3) is 3.99. The molecule has 3 heterocycles. The number of halogens is 1. The Morgan fingerprint density at radius 2 is 1.91 bits per heavy atom. The van der Waals surface area contributed by atoms with E-state index in [1.54, 1.807) is 47.7 Å². The van der Waals surface area contributed by atoms with E-state index in [4.69, 9.17) is 16.3 Å². The van der Waals surface area contributed by atoms with Gasteiger partial charge in [-0.25, -0.2) is 4.79 Å². The lowest BCUT2D eigenvalue weighted by Gasteiger charge is -2.28. The first-order chi connectivity index (χ1) is 15.5. The largest absolute Gasteiger partial charge is 0.423 e. The summed E-state index contributed by atoms with van der Waals surface area (Å²) in [6.45, 7) is 5.06. The second-order valence-corrected chi connectivity index (χ2v) is 9.38. The van der Waals surface area contributed by atoms with Crippen LogP contribution < -0.4 is 15.4 Å². The third-order valence-corrected chi connectivity index (χ3v) is 7.26. The highest BCUT2D eigenvalue weighted by Crippen LogP contribution is 2.40. The number of hydrogen-bond acceptors (Lipinski definition) is 6. The van der Waals surface area contributed by atoms with Crippen molar-refractivity contribution in [3.63, 3.8) is 0 Å². The average Bonchev–Trinajstić information content (AvgIpc) is 3.18. The van der Waals surface area contributed by atoms with Gasteiger partial charge in [0.2, 0.25) is 0 Å². The first-order valence-electron chi connectivity index (χ1n) is 10.5. The second kappa shape index (κ2) is 8.58. The van der Waals surface area contributed by atoms with Crippen LogP contribution in [-0.4, -0.2) is 29.9 Å². The minimum atomic E-state index is -0.451. The molecule has 0 fully saturated rings. The standard InChI is InChI=1S/C24H22ClN3O3S/c1-2-28-12-11-18-19(13-28)32-23-20(18)22(29)26-21(27-23)14-5-9-17(10-6-14)31-24(30)15-3-7-16(25)8-4-15/h3-10,21,27H,2,11-13H2,1H3,(H,26,29)/t21-/m0/s1. The van der Waals surface area contributed by atoms with Crippen LogP contribution in [0.3, 0.4) is 0 Å². The summed E-state index contributed by atoms with van der Waals surface area (Å²) in [6, 6.07) is 13.7. The van der Waals surface area contributed by atoms with Crippen molar-refractivity contribution >= 4 is 39.8 Å². The maximum atomic E-state index is 12.9. The van der Waals surface area contributed by atoms with Gasteiger partial charge in [0.25, 0.3) is 5.91 Å². The summed E-state index contributed by atoms with van der Waals surface area (Å²) in [4.78, 5) is 28.9. The predicted octanol–water partition coefficient (Wildman–Crippen LogP) is 4.85. The van der Waals surface area contributed by atoms with Gasteiger partial charge in [-0.3, -0.25) is 9.69 Å². The summed E-state index contributed by atoms with van der Waals surface area (Å²) in [5, 5.41) is 8.03. The molecule has 3 aromatic rings. The highest BCUT2D eigenvalue weighted by Gasteiger charge is 2.33. The fourth-order valence-electron chi connectivity index (χ4n) is 4.09. The summed E-state index contributed by atoms with van der Waals surface area (Å²) in [7, 11) is 0. The number of anilines is 1. The van der Waals surface area contributed by atoms with E-state index in [0.29, 0.717) is 16.3 Å². The van der Waals surface area contributed by atoms with Gasteiger partial charge in [0.15, 0.2) is 0 Å². The normalized spacial score (nSPS) is 17.7. The number of rotatable bonds is 4. The SMILES string of the molecule is CCN1CCc2c(sc3c2C(=O)N[C@H](c2ccc(OC(=O)c4ccc(Cl)cc4)cc2)N3)C1. The van der Waals surface area contributed by atoms with E-state index >= 15 is 0 Å². The van der Waals surface area contributed by atoms with E-state index in [1.807, 2.05) is 12.1 Å². The maximum Gasteiger partial charge on any atom is 0.343 e. The molecule has 0 saturated heterocycles. The number of fused-ring (bicyclic) bond motifs is 3. The van der Waals surface area contributed by atoms with Crippen molar-refractivity contribution < 1.29 is 14.3 Å². The smallest absolute Gasteiger partial charge is 0.343 e. The number of ether oxygens (including phenoxy) is 1. The Bertz CT molecular complexity index is 1170. The van der Waals surface area contributed by atoms with Crippen LogP contribution in [-0.2, 0) is 13.0 Å². The quantitative estimate of drug-likeness (QED) is 0.424. The van der Waals surface area contributed by atoms with E-state index in [1.165, 1.54) is 10.4 Å². The number of nitrogens with zero attached hydrogens (tertiary/aromatic N) is 1. The van der Waals surface area contributed by atoms with Gasteiger partial charge < -0.3 is 15.4 Å². The summed E-state index contributed by atoms with van der Waals surface area (Å²) in [5.74, 6) is -0.0550. The number of benzene rings is 2. The molecule has 6 nitrogen and oxygen atoms in total. The summed E-state index contributed by atoms with van der Waals surface area (Å²) < 4.78 is 5.44.